The molecule has 2 N–H and O–H groups in total. The molecule has 1 atom stereocenters. The first-order valence-corrected chi connectivity index (χ1v) is 6.08. The van der Waals surface area contributed by atoms with Gasteiger partial charge >= 0.3 is 0 Å². The highest BCUT2D eigenvalue weighted by atomic mass is 16.5. The quantitative estimate of drug-likeness (QED) is 0.801. The van der Waals surface area contributed by atoms with E-state index in [-0.39, 0.29) is 6.04 Å². The molecule has 2 heteroatoms. The molecule has 0 fully saturated rings. The second kappa shape index (κ2) is 6.54. The number of hydrogen-bond acceptors (Lipinski definition) is 2. The van der Waals surface area contributed by atoms with Crippen LogP contribution in [0.15, 0.2) is 18.2 Å². The smallest absolute Gasteiger partial charge is 0.122 e. The van der Waals surface area contributed by atoms with Crippen LogP contribution >= 0.6 is 0 Å². The predicted octanol–water partition coefficient (Wildman–Crippen LogP) is 2.93. The van der Waals surface area contributed by atoms with Gasteiger partial charge < -0.3 is 10.5 Å². The van der Waals surface area contributed by atoms with Crippen LogP contribution in [0.3, 0.4) is 0 Å². The van der Waals surface area contributed by atoms with Gasteiger partial charge in [-0.1, -0.05) is 25.5 Å². The van der Waals surface area contributed by atoms with Gasteiger partial charge in [-0.15, -0.1) is 0 Å². The topological polar surface area (TPSA) is 35.2 Å². The average Bonchev–Trinajstić information content (AvgIpc) is 2.27. The largest absolute Gasteiger partial charge is 0.496 e. The predicted molar refractivity (Wildman–Crippen MR) is 69.0 cm³/mol. The van der Waals surface area contributed by atoms with Crippen LogP contribution in [0.5, 0.6) is 5.75 Å². The number of benzene rings is 1. The molecular formula is C14H23NO. The number of methoxy groups -OCH3 is 1. The Kier molecular flexibility index (Phi) is 5.33. The van der Waals surface area contributed by atoms with E-state index in [9.17, 15) is 0 Å². The molecule has 0 aliphatic heterocycles. The van der Waals surface area contributed by atoms with E-state index in [4.69, 9.17) is 10.5 Å². The molecule has 0 aliphatic carbocycles. The summed E-state index contributed by atoms with van der Waals surface area (Å²) in [6.07, 6.45) is 4.32. The third kappa shape index (κ3) is 3.86. The molecule has 0 heterocycles. The van der Waals surface area contributed by atoms with Crippen molar-refractivity contribution in [3.8, 4) is 5.75 Å². The fraction of sp³-hybridized carbons (Fsp3) is 0.571. The van der Waals surface area contributed by atoms with E-state index in [2.05, 4.69) is 32.0 Å². The van der Waals surface area contributed by atoms with Gasteiger partial charge in [0.2, 0.25) is 0 Å². The molecule has 0 saturated carbocycles. The molecule has 0 aromatic heterocycles. The van der Waals surface area contributed by atoms with Gasteiger partial charge in [0.25, 0.3) is 0 Å². The molecule has 1 rings (SSSR count). The zero-order chi connectivity index (χ0) is 12.0. The van der Waals surface area contributed by atoms with Crippen molar-refractivity contribution in [1.82, 2.24) is 0 Å². The Hall–Kier alpha value is -1.02. The molecule has 2 nitrogen and oxygen atoms in total. The van der Waals surface area contributed by atoms with Crippen molar-refractivity contribution in [2.45, 2.75) is 45.6 Å². The standard InChI is InChI=1S/C14H23NO/c1-4-5-13-10-12(7-6-11(2)15)8-9-14(13)16-3/h8-11H,4-7,15H2,1-3H3. The molecule has 0 aliphatic rings. The average molecular weight is 221 g/mol. The summed E-state index contributed by atoms with van der Waals surface area (Å²) in [6, 6.07) is 6.74. The molecule has 0 spiro atoms. The van der Waals surface area contributed by atoms with Crippen LogP contribution < -0.4 is 10.5 Å². The first-order chi connectivity index (χ1) is 7.67. The Balaban J connectivity index is 2.76. The van der Waals surface area contributed by atoms with E-state index >= 15 is 0 Å². The van der Waals surface area contributed by atoms with Gasteiger partial charge in [-0.05, 0) is 43.4 Å². The lowest BCUT2D eigenvalue weighted by molar-refractivity contribution is 0.409. The SMILES string of the molecule is CCCc1cc(CCC(C)N)ccc1OC. The minimum atomic E-state index is 0.275. The van der Waals surface area contributed by atoms with Crippen LogP contribution in [0.2, 0.25) is 0 Å². The van der Waals surface area contributed by atoms with E-state index in [1.807, 2.05) is 0 Å². The van der Waals surface area contributed by atoms with Gasteiger partial charge in [-0.25, -0.2) is 0 Å². The lowest BCUT2D eigenvalue weighted by atomic mass is 10.0. The summed E-state index contributed by atoms with van der Waals surface area (Å²) < 4.78 is 5.35. The molecule has 1 aromatic carbocycles. The van der Waals surface area contributed by atoms with Crippen molar-refractivity contribution in [2.75, 3.05) is 7.11 Å². The van der Waals surface area contributed by atoms with Gasteiger partial charge in [0, 0.05) is 6.04 Å². The second-order valence-corrected chi connectivity index (χ2v) is 4.41. The summed E-state index contributed by atoms with van der Waals surface area (Å²) in [5.41, 5.74) is 8.44. The van der Waals surface area contributed by atoms with Gasteiger partial charge in [0.1, 0.15) is 5.75 Å². The molecule has 0 saturated heterocycles. The first-order valence-electron chi connectivity index (χ1n) is 6.08. The number of ether oxygens (including phenoxy) is 1. The zero-order valence-corrected chi connectivity index (χ0v) is 10.6. The Morgan fingerprint density at radius 3 is 2.62 bits per heavy atom. The molecular weight excluding hydrogens is 198 g/mol. The highest BCUT2D eigenvalue weighted by molar-refractivity contribution is 5.37. The molecule has 1 aromatic rings. The molecule has 90 valence electrons. The second-order valence-electron chi connectivity index (χ2n) is 4.41. The van der Waals surface area contributed by atoms with Crippen molar-refractivity contribution < 1.29 is 4.74 Å². The summed E-state index contributed by atoms with van der Waals surface area (Å²) in [7, 11) is 1.73. The summed E-state index contributed by atoms with van der Waals surface area (Å²) in [4.78, 5) is 0. The Morgan fingerprint density at radius 2 is 2.06 bits per heavy atom. The van der Waals surface area contributed by atoms with Crippen molar-refractivity contribution in [2.24, 2.45) is 5.73 Å². The summed E-state index contributed by atoms with van der Waals surface area (Å²) in [5, 5.41) is 0. The van der Waals surface area contributed by atoms with E-state index in [1.165, 1.54) is 11.1 Å². The van der Waals surface area contributed by atoms with E-state index in [0.29, 0.717) is 0 Å². The maximum absolute atomic E-state index is 5.77. The van der Waals surface area contributed by atoms with Crippen LogP contribution in [0, 0.1) is 0 Å². The molecule has 1 unspecified atom stereocenters. The van der Waals surface area contributed by atoms with Crippen molar-refractivity contribution in [1.29, 1.82) is 0 Å². The molecule has 0 bridgehead atoms. The Bertz CT molecular complexity index is 321. The maximum Gasteiger partial charge on any atom is 0.122 e. The number of hydrogen-bond donors (Lipinski definition) is 1. The van der Waals surface area contributed by atoms with Gasteiger partial charge in [-0.3, -0.25) is 0 Å². The molecule has 0 radical (unpaired) electrons. The monoisotopic (exact) mass is 221 g/mol. The van der Waals surface area contributed by atoms with Crippen LogP contribution in [0.4, 0.5) is 0 Å². The van der Waals surface area contributed by atoms with Gasteiger partial charge in [-0.2, -0.15) is 0 Å². The van der Waals surface area contributed by atoms with E-state index < -0.39 is 0 Å². The highest BCUT2D eigenvalue weighted by Crippen LogP contribution is 2.22. The van der Waals surface area contributed by atoms with Crippen molar-refractivity contribution >= 4 is 0 Å². The first kappa shape index (κ1) is 13.0. The minimum Gasteiger partial charge on any atom is -0.496 e. The Labute approximate surface area is 98.8 Å². The number of nitrogens with two attached hydrogens (primary N) is 1. The maximum atomic E-state index is 5.77. The van der Waals surface area contributed by atoms with E-state index in [1.54, 1.807) is 7.11 Å². The number of rotatable bonds is 6. The summed E-state index contributed by atoms with van der Waals surface area (Å²) in [5.74, 6) is 1.01. The fourth-order valence-electron chi connectivity index (χ4n) is 1.85. The van der Waals surface area contributed by atoms with Crippen LogP contribution in [-0.4, -0.2) is 13.2 Å². The highest BCUT2D eigenvalue weighted by Gasteiger charge is 2.04. The Morgan fingerprint density at radius 1 is 1.31 bits per heavy atom. The van der Waals surface area contributed by atoms with Crippen LogP contribution in [0.25, 0.3) is 0 Å². The molecule has 0 amide bonds. The normalized spacial score (nSPS) is 12.5. The zero-order valence-electron chi connectivity index (χ0n) is 10.6. The van der Waals surface area contributed by atoms with Crippen molar-refractivity contribution in [3.05, 3.63) is 29.3 Å². The number of aryl methyl sites for hydroxylation is 2. The fourth-order valence-corrected chi connectivity index (χ4v) is 1.85. The summed E-state index contributed by atoms with van der Waals surface area (Å²) >= 11 is 0. The van der Waals surface area contributed by atoms with Gasteiger partial charge in [0.05, 0.1) is 7.11 Å². The summed E-state index contributed by atoms with van der Waals surface area (Å²) in [6.45, 7) is 4.24. The third-order valence-corrected chi connectivity index (χ3v) is 2.75. The lowest BCUT2D eigenvalue weighted by Gasteiger charge is -2.11. The minimum absolute atomic E-state index is 0.275. The van der Waals surface area contributed by atoms with Gasteiger partial charge in [0.15, 0.2) is 0 Å². The third-order valence-electron chi connectivity index (χ3n) is 2.75. The van der Waals surface area contributed by atoms with Crippen LogP contribution in [0.1, 0.15) is 37.8 Å². The van der Waals surface area contributed by atoms with Crippen LogP contribution in [-0.2, 0) is 12.8 Å². The molecule has 16 heavy (non-hydrogen) atoms. The lowest BCUT2D eigenvalue weighted by Crippen LogP contribution is -2.15. The van der Waals surface area contributed by atoms with Crippen molar-refractivity contribution in [3.63, 3.8) is 0 Å². The van der Waals surface area contributed by atoms with E-state index in [0.717, 1.165) is 31.4 Å².